The third-order valence-electron chi connectivity index (χ3n) is 3.45. The highest BCUT2D eigenvalue weighted by Gasteiger charge is 2.13. The van der Waals surface area contributed by atoms with Crippen molar-refractivity contribution in [1.29, 1.82) is 0 Å². The molecule has 114 valence electrons. The SMILES string of the molecule is CCCc1nn(C)cc1-c1ccc(Cl)cc1CNC(C)C. The van der Waals surface area contributed by atoms with Gasteiger partial charge in [0.2, 0.25) is 0 Å². The third kappa shape index (κ3) is 4.08. The Kier molecular flexibility index (Phi) is 5.43. The van der Waals surface area contributed by atoms with Gasteiger partial charge in [-0.25, -0.2) is 0 Å². The summed E-state index contributed by atoms with van der Waals surface area (Å²) in [6.07, 6.45) is 4.19. The molecule has 4 heteroatoms. The summed E-state index contributed by atoms with van der Waals surface area (Å²) in [6.45, 7) is 7.29. The third-order valence-corrected chi connectivity index (χ3v) is 3.69. The minimum atomic E-state index is 0.445. The van der Waals surface area contributed by atoms with Crippen LogP contribution in [0, 0.1) is 0 Å². The Hall–Kier alpha value is -1.32. The second-order valence-electron chi connectivity index (χ2n) is 5.75. The van der Waals surface area contributed by atoms with E-state index in [1.807, 2.05) is 17.8 Å². The minimum Gasteiger partial charge on any atom is -0.310 e. The van der Waals surface area contributed by atoms with Gasteiger partial charge in [0.25, 0.3) is 0 Å². The second-order valence-corrected chi connectivity index (χ2v) is 6.19. The topological polar surface area (TPSA) is 29.9 Å². The van der Waals surface area contributed by atoms with Crippen LogP contribution in [0.5, 0.6) is 0 Å². The van der Waals surface area contributed by atoms with Crippen LogP contribution in [0.15, 0.2) is 24.4 Å². The maximum atomic E-state index is 6.18. The summed E-state index contributed by atoms with van der Waals surface area (Å²) in [5.74, 6) is 0. The van der Waals surface area contributed by atoms with Crippen LogP contribution in [-0.4, -0.2) is 15.8 Å². The Labute approximate surface area is 132 Å². The lowest BCUT2D eigenvalue weighted by atomic mass is 9.98. The smallest absolute Gasteiger partial charge is 0.0702 e. The lowest BCUT2D eigenvalue weighted by Crippen LogP contribution is -2.22. The molecular formula is C17H24ClN3. The number of aromatic nitrogens is 2. The first-order valence-corrected chi connectivity index (χ1v) is 7.93. The summed E-state index contributed by atoms with van der Waals surface area (Å²) < 4.78 is 1.90. The lowest BCUT2D eigenvalue weighted by Gasteiger charge is -2.13. The monoisotopic (exact) mass is 305 g/mol. The molecule has 21 heavy (non-hydrogen) atoms. The summed E-state index contributed by atoms with van der Waals surface area (Å²) in [6, 6.07) is 6.56. The first kappa shape index (κ1) is 16.1. The molecule has 0 spiro atoms. The lowest BCUT2D eigenvalue weighted by molar-refractivity contribution is 0.589. The number of rotatable bonds is 6. The van der Waals surface area contributed by atoms with Gasteiger partial charge in [0.15, 0.2) is 0 Å². The molecule has 1 N–H and O–H groups in total. The number of aryl methyl sites for hydroxylation is 2. The van der Waals surface area contributed by atoms with Crippen LogP contribution in [-0.2, 0) is 20.0 Å². The van der Waals surface area contributed by atoms with Crippen molar-refractivity contribution in [3.8, 4) is 11.1 Å². The summed E-state index contributed by atoms with van der Waals surface area (Å²) in [7, 11) is 1.98. The zero-order valence-corrected chi connectivity index (χ0v) is 14.0. The molecule has 0 fully saturated rings. The molecule has 1 aromatic carbocycles. The Bertz CT molecular complexity index is 602. The van der Waals surface area contributed by atoms with Gasteiger partial charge in [0.1, 0.15) is 0 Å². The van der Waals surface area contributed by atoms with Crippen molar-refractivity contribution in [2.75, 3.05) is 0 Å². The average Bonchev–Trinajstić information content (AvgIpc) is 2.78. The van der Waals surface area contributed by atoms with E-state index in [-0.39, 0.29) is 0 Å². The van der Waals surface area contributed by atoms with Crippen molar-refractivity contribution in [2.45, 2.75) is 46.2 Å². The van der Waals surface area contributed by atoms with E-state index in [0.29, 0.717) is 6.04 Å². The second kappa shape index (κ2) is 7.10. The fraction of sp³-hybridized carbons (Fsp3) is 0.471. The number of nitrogens with zero attached hydrogens (tertiary/aromatic N) is 2. The molecule has 0 unspecified atom stereocenters. The van der Waals surface area contributed by atoms with Gasteiger partial charge < -0.3 is 5.32 Å². The quantitative estimate of drug-likeness (QED) is 0.867. The molecule has 0 aliphatic rings. The maximum Gasteiger partial charge on any atom is 0.0702 e. The molecular weight excluding hydrogens is 282 g/mol. The van der Waals surface area contributed by atoms with Crippen LogP contribution in [0.2, 0.25) is 5.02 Å². The molecule has 0 atom stereocenters. The molecule has 0 bridgehead atoms. The molecule has 3 nitrogen and oxygen atoms in total. The molecule has 2 rings (SSSR count). The van der Waals surface area contributed by atoms with Crippen LogP contribution < -0.4 is 5.32 Å². The van der Waals surface area contributed by atoms with Gasteiger partial charge in [-0.15, -0.1) is 0 Å². The molecule has 0 saturated heterocycles. The van der Waals surface area contributed by atoms with Crippen LogP contribution in [0.3, 0.4) is 0 Å². The normalized spacial score (nSPS) is 11.3. The molecule has 1 heterocycles. The summed E-state index contributed by atoms with van der Waals surface area (Å²) in [4.78, 5) is 0. The van der Waals surface area contributed by atoms with E-state index in [4.69, 9.17) is 11.6 Å². The highest BCUT2D eigenvalue weighted by molar-refractivity contribution is 6.30. The van der Waals surface area contributed by atoms with Gasteiger partial charge in [0, 0.05) is 36.4 Å². The van der Waals surface area contributed by atoms with Crippen LogP contribution >= 0.6 is 11.6 Å². The van der Waals surface area contributed by atoms with Crippen molar-refractivity contribution in [3.05, 3.63) is 40.7 Å². The van der Waals surface area contributed by atoms with Gasteiger partial charge in [-0.05, 0) is 29.7 Å². The van der Waals surface area contributed by atoms with Gasteiger partial charge in [-0.2, -0.15) is 5.10 Å². The maximum absolute atomic E-state index is 6.18. The van der Waals surface area contributed by atoms with Gasteiger partial charge in [-0.3, -0.25) is 4.68 Å². The Morgan fingerprint density at radius 2 is 2.05 bits per heavy atom. The molecule has 0 radical (unpaired) electrons. The van der Waals surface area contributed by atoms with Crippen molar-refractivity contribution in [3.63, 3.8) is 0 Å². The van der Waals surface area contributed by atoms with E-state index >= 15 is 0 Å². The number of hydrogen-bond acceptors (Lipinski definition) is 2. The zero-order chi connectivity index (χ0) is 15.4. The fourth-order valence-corrected chi connectivity index (χ4v) is 2.66. The van der Waals surface area contributed by atoms with Gasteiger partial charge in [-0.1, -0.05) is 44.9 Å². The van der Waals surface area contributed by atoms with Gasteiger partial charge >= 0.3 is 0 Å². The highest BCUT2D eigenvalue weighted by Crippen LogP contribution is 2.29. The summed E-state index contributed by atoms with van der Waals surface area (Å²) >= 11 is 6.18. The molecule has 0 aliphatic heterocycles. The molecule has 0 amide bonds. The Balaban J connectivity index is 2.42. The molecule has 2 aromatic rings. The van der Waals surface area contributed by atoms with Crippen LogP contribution in [0.25, 0.3) is 11.1 Å². The predicted molar refractivity (Wildman–Crippen MR) is 89.6 cm³/mol. The first-order chi connectivity index (χ1) is 10.0. The summed E-state index contributed by atoms with van der Waals surface area (Å²) in [5, 5.41) is 8.85. The van der Waals surface area contributed by atoms with E-state index in [1.54, 1.807) is 0 Å². The van der Waals surface area contributed by atoms with Crippen LogP contribution in [0.4, 0.5) is 0 Å². The first-order valence-electron chi connectivity index (χ1n) is 7.56. The van der Waals surface area contributed by atoms with E-state index in [2.05, 4.69) is 49.5 Å². The van der Waals surface area contributed by atoms with Crippen LogP contribution in [0.1, 0.15) is 38.4 Å². The average molecular weight is 306 g/mol. The molecule has 0 aliphatic carbocycles. The predicted octanol–water partition coefficient (Wildman–Crippen LogP) is 4.19. The van der Waals surface area contributed by atoms with Crippen molar-refractivity contribution in [1.82, 2.24) is 15.1 Å². The zero-order valence-electron chi connectivity index (χ0n) is 13.3. The van der Waals surface area contributed by atoms with Gasteiger partial charge in [0.05, 0.1) is 5.69 Å². The number of benzene rings is 1. The van der Waals surface area contributed by atoms with E-state index in [9.17, 15) is 0 Å². The largest absolute Gasteiger partial charge is 0.310 e. The van der Waals surface area contributed by atoms with Crippen molar-refractivity contribution >= 4 is 11.6 Å². The number of hydrogen-bond donors (Lipinski definition) is 1. The van der Waals surface area contributed by atoms with Crippen molar-refractivity contribution < 1.29 is 0 Å². The number of nitrogens with one attached hydrogen (secondary N) is 1. The standard InChI is InChI=1S/C17H24ClN3/c1-5-6-17-16(11-21(4)20-17)15-8-7-14(18)9-13(15)10-19-12(2)3/h7-9,11-12,19H,5-6,10H2,1-4H3. The Morgan fingerprint density at radius 3 is 2.71 bits per heavy atom. The fourth-order valence-electron chi connectivity index (χ4n) is 2.47. The number of halogens is 1. The summed E-state index contributed by atoms with van der Waals surface area (Å²) in [5.41, 5.74) is 4.83. The highest BCUT2D eigenvalue weighted by atomic mass is 35.5. The van der Waals surface area contributed by atoms with E-state index < -0.39 is 0 Å². The van der Waals surface area contributed by atoms with Crippen molar-refractivity contribution in [2.24, 2.45) is 7.05 Å². The van der Waals surface area contributed by atoms with E-state index in [1.165, 1.54) is 16.7 Å². The van der Waals surface area contributed by atoms with E-state index in [0.717, 1.165) is 30.1 Å². The molecule has 1 aromatic heterocycles. The Morgan fingerprint density at radius 1 is 1.29 bits per heavy atom. The minimum absolute atomic E-state index is 0.445. The molecule has 0 saturated carbocycles.